The molecule has 1 aromatic rings. The first-order valence-electron chi connectivity index (χ1n) is 6.39. The number of rotatable bonds is 4. The predicted octanol–water partition coefficient (Wildman–Crippen LogP) is 1.77. The molecule has 1 aromatic heterocycles. The molecular formula is C13H19N3O3. The lowest BCUT2D eigenvalue weighted by atomic mass is 10.1. The maximum atomic E-state index is 11.4. The molecule has 0 spiro atoms. The highest BCUT2D eigenvalue weighted by molar-refractivity contribution is 5.94. The van der Waals surface area contributed by atoms with Gasteiger partial charge >= 0.3 is 5.97 Å². The van der Waals surface area contributed by atoms with Crippen LogP contribution in [0.25, 0.3) is 0 Å². The zero-order valence-electron chi connectivity index (χ0n) is 11.4. The van der Waals surface area contributed by atoms with Crippen molar-refractivity contribution in [2.24, 2.45) is 0 Å². The molecule has 1 heterocycles. The van der Waals surface area contributed by atoms with E-state index in [2.05, 4.69) is 15.5 Å². The molecule has 2 N–H and O–H groups in total. The number of methoxy groups -OCH3 is 1. The van der Waals surface area contributed by atoms with E-state index in [4.69, 9.17) is 4.74 Å². The van der Waals surface area contributed by atoms with Gasteiger partial charge < -0.3 is 15.2 Å². The summed E-state index contributed by atoms with van der Waals surface area (Å²) in [5.41, 5.74) is 1.52. The van der Waals surface area contributed by atoms with E-state index in [1.165, 1.54) is 0 Å². The summed E-state index contributed by atoms with van der Waals surface area (Å²) in [6.45, 7) is 3.51. The Morgan fingerprint density at radius 3 is 2.68 bits per heavy atom. The molecule has 0 amide bonds. The number of aromatic nitrogens is 2. The number of hydrogen-bond acceptors (Lipinski definition) is 5. The van der Waals surface area contributed by atoms with Gasteiger partial charge in [0.25, 0.3) is 0 Å². The molecule has 0 saturated heterocycles. The van der Waals surface area contributed by atoms with Crippen molar-refractivity contribution >= 4 is 11.8 Å². The molecule has 2 unspecified atom stereocenters. The van der Waals surface area contributed by atoms with Gasteiger partial charge in [-0.3, -0.25) is 0 Å². The Morgan fingerprint density at radius 1 is 1.37 bits per heavy atom. The number of nitrogens with one attached hydrogen (secondary N) is 1. The zero-order valence-corrected chi connectivity index (χ0v) is 11.4. The normalized spacial score (nSPS) is 22.5. The van der Waals surface area contributed by atoms with Crippen LogP contribution in [0.15, 0.2) is 0 Å². The van der Waals surface area contributed by atoms with Crippen LogP contribution in [0, 0.1) is 13.8 Å². The van der Waals surface area contributed by atoms with E-state index in [0.717, 1.165) is 19.3 Å². The van der Waals surface area contributed by atoms with Gasteiger partial charge in [-0.1, -0.05) is 0 Å². The number of ether oxygens (including phenoxy) is 1. The van der Waals surface area contributed by atoms with Crippen LogP contribution in [0.1, 0.15) is 40.9 Å². The third-order valence-electron chi connectivity index (χ3n) is 3.73. The fourth-order valence-electron chi connectivity index (χ4n) is 2.45. The van der Waals surface area contributed by atoms with Gasteiger partial charge in [0.15, 0.2) is 5.82 Å². The number of aromatic carboxylic acids is 1. The van der Waals surface area contributed by atoms with E-state index >= 15 is 0 Å². The maximum Gasteiger partial charge on any atom is 0.339 e. The Kier molecular flexibility index (Phi) is 3.99. The molecule has 2 atom stereocenters. The maximum absolute atomic E-state index is 11.4. The van der Waals surface area contributed by atoms with E-state index in [0.29, 0.717) is 17.1 Å². The summed E-state index contributed by atoms with van der Waals surface area (Å²) in [7, 11) is 1.70. The van der Waals surface area contributed by atoms with Crippen LogP contribution >= 0.6 is 0 Å². The summed E-state index contributed by atoms with van der Waals surface area (Å²) >= 11 is 0. The number of anilines is 1. The van der Waals surface area contributed by atoms with E-state index in [1.807, 2.05) is 0 Å². The van der Waals surface area contributed by atoms with Gasteiger partial charge in [-0.15, -0.1) is 5.10 Å². The molecule has 1 fully saturated rings. The first-order chi connectivity index (χ1) is 9.02. The molecule has 104 valence electrons. The summed E-state index contributed by atoms with van der Waals surface area (Å²) < 4.78 is 5.31. The number of carboxylic acid groups (broad SMARTS) is 1. The molecule has 1 saturated carbocycles. The molecule has 0 bridgehead atoms. The molecule has 0 radical (unpaired) electrons. The summed E-state index contributed by atoms with van der Waals surface area (Å²) in [6, 6.07) is 0.194. The average molecular weight is 265 g/mol. The van der Waals surface area contributed by atoms with Gasteiger partial charge in [0.1, 0.15) is 5.56 Å². The van der Waals surface area contributed by atoms with Crippen molar-refractivity contribution in [2.75, 3.05) is 12.4 Å². The highest BCUT2D eigenvalue weighted by Crippen LogP contribution is 2.26. The molecular weight excluding hydrogens is 246 g/mol. The third-order valence-corrected chi connectivity index (χ3v) is 3.73. The summed E-state index contributed by atoms with van der Waals surface area (Å²) in [5, 5.41) is 20.5. The molecule has 1 aliphatic rings. The second-order valence-corrected chi connectivity index (χ2v) is 4.95. The number of hydrogen-bond donors (Lipinski definition) is 2. The lowest BCUT2D eigenvalue weighted by Crippen LogP contribution is -2.21. The smallest absolute Gasteiger partial charge is 0.339 e. The second kappa shape index (κ2) is 5.52. The van der Waals surface area contributed by atoms with E-state index in [1.54, 1.807) is 21.0 Å². The third kappa shape index (κ3) is 2.84. The van der Waals surface area contributed by atoms with Crippen LogP contribution in [0.4, 0.5) is 5.82 Å². The van der Waals surface area contributed by atoms with Crippen molar-refractivity contribution in [2.45, 2.75) is 45.3 Å². The summed E-state index contributed by atoms with van der Waals surface area (Å²) in [6.07, 6.45) is 3.04. The van der Waals surface area contributed by atoms with Crippen LogP contribution in [-0.4, -0.2) is 40.5 Å². The number of aryl methyl sites for hydroxylation is 1. The standard InChI is InChI=1S/C13H19N3O3/c1-7-8(2)15-16-12(11(7)13(17)18)14-9-4-5-10(6-9)19-3/h9-10H,4-6H2,1-3H3,(H,14,16)(H,17,18). The minimum absolute atomic E-state index is 0.194. The van der Waals surface area contributed by atoms with Crippen molar-refractivity contribution in [3.05, 3.63) is 16.8 Å². The second-order valence-electron chi connectivity index (χ2n) is 4.95. The lowest BCUT2D eigenvalue weighted by molar-refractivity contribution is 0.0696. The lowest BCUT2D eigenvalue weighted by Gasteiger charge is -2.16. The molecule has 2 rings (SSSR count). The van der Waals surface area contributed by atoms with Gasteiger partial charge in [-0.2, -0.15) is 5.10 Å². The molecule has 6 heteroatoms. The first kappa shape index (κ1) is 13.7. The highest BCUT2D eigenvalue weighted by atomic mass is 16.5. The molecule has 1 aliphatic carbocycles. The molecule has 0 aromatic carbocycles. The highest BCUT2D eigenvalue weighted by Gasteiger charge is 2.27. The van der Waals surface area contributed by atoms with Gasteiger partial charge in [0, 0.05) is 13.2 Å². The van der Waals surface area contributed by atoms with Gasteiger partial charge in [-0.25, -0.2) is 4.79 Å². The minimum Gasteiger partial charge on any atom is -0.478 e. The Morgan fingerprint density at radius 2 is 2.11 bits per heavy atom. The monoisotopic (exact) mass is 265 g/mol. The van der Waals surface area contributed by atoms with E-state index < -0.39 is 5.97 Å². The Hall–Kier alpha value is -1.69. The number of nitrogens with zero attached hydrogens (tertiary/aromatic N) is 2. The Balaban J connectivity index is 2.21. The van der Waals surface area contributed by atoms with Crippen molar-refractivity contribution in [3.8, 4) is 0 Å². The van der Waals surface area contributed by atoms with Crippen LogP contribution < -0.4 is 5.32 Å². The largest absolute Gasteiger partial charge is 0.478 e. The van der Waals surface area contributed by atoms with Gasteiger partial charge in [0.2, 0.25) is 0 Å². The minimum atomic E-state index is -0.973. The van der Waals surface area contributed by atoms with Gasteiger partial charge in [0.05, 0.1) is 11.8 Å². The van der Waals surface area contributed by atoms with Crippen molar-refractivity contribution < 1.29 is 14.6 Å². The topological polar surface area (TPSA) is 84.3 Å². The molecule has 6 nitrogen and oxygen atoms in total. The Bertz CT molecular complexity index is 490. The zero-order chi connectivity index (χ0) is 14.0. The van der Waals surface area contributed by atoms with Crippen molar-refractivity contribution in [3.63, 3.8) is 0 Å². The Labute approximate surface area is 112 Å². The fraction of sp³-hybridized carbons (Fsp3) is 0.615. The fourth-order valence-corrected chi connectivity index (χ4v) is 2.45. The molecule has 0 aliphatic heterocycles. The first-order valence-corrected chi connectivity index (χ1v) is 6.39. The average Bonchev–Trinajstić information content (AvgIpc) is 2.81. The summed E-state index contributed by atoms with van der Waals surface area (Å²) in [5.74, 6) is -0.614. The van der Waals surface area contributed by atoms with Crippen LogP contribution in [0.3, 0.4) is 0 Å². The molecule has 19 heavy (non-hydrogen) atoms. The number of carboxylic acids is 1. The van der Waals surface area contributed by atoms with Crippen molar-refractivity contribution in [1.29, 1.82) is 0 Å². The van der Waals surface area contributed by atoms with Crippen LogP contribution in [0.5, 0.6) is 0 Å². The van der Waals surface area contributed by atoms with Crippen LogP contribution in [-0.2, 0) is 4.74 Å². The SMILES string of the molecule is COC1CCC(Nc2nnc(C)c(C)c2C(=O)O)C1. The number of carbonyl (C=O) groups is 1. The summed E-state index contributed by atoms with van der Waals surface area (Å²) in [4.78, 5) is 11.4. The van der Waals surface area contributed by atoms with Crippen molar-refractivity contribution in [1.82, 2.24) is 10.2 Å². The van der Waals surface area contributed by atoms with Gasteiger partial charge in [-0.05, 0) is 38.7 Å². The predicted molar refractivity (Wildman–Crippen MR) is 70.5 cm³/mol. The van der Waals surface area contributed by atoms with E-state index in [-0.39, 0.29) is 17.7 Å². The van der Waals surface area contributed by atoms with Crippen LogP contribution in [0.2, 0.25) is 0 Å². The quantitative estimate of drug-likeness (QED) is 0.863. The van der Waals surface area contributed by atoms with E-state index in [9.17, 15) is 9.90 Å².